The number of para-hydroxylation sites is 1. The van der Waals surface area contributed by atoms with E-state index >= 15 is 0 Å². The molecule has 6 nitrogen and oxygen atoms in total. The monoisotopic (exact) mass is 239 g/mol. The van der Waals surface area contributed by atoms with E-state index in [0.29, 0.717) is 0 Å². The molecule has 17 heavy (non-hydrogen) atoms. The average Bonchev–Trinajstić information content (AvgIpc) is 2.25. The first-order valence-corrected chi connectivity index (χ1v) is 4.93. The van der Waals surface area contributed by atoms with Crippen LogP contribution < -0.4 is 5.32 Å². The van der Waals surface area contributed by atoms with Crippen molar-refractivity contribution < 1.29 is 24.9 Å². The minimum absolute atomic E-state index is 0.0422. The van der Waals surface area contributed by atoms with Gasteiger partial charge in [-0.05, 0) is 19.1 Å². The van der Waals surface area contributed by atoms with Gasteiger partial charge in [0.2, 0.25) is 0 Å². The molecule has 0 aromatic heterocycles. The van der Waals surface area contributed by atoms with Gasteiger partial charge in [-0.25, -0.2) is 4.79 Å². The van der Waals surface area contributed by atoms with Crippen LogP contribution in [0.2, 0.25) is 0 Å². The summed E-state index contributed by atoms with van der Waals surface area (Å²) in [6, 6.07) is 4.32. The normalized spacial score (nSPS) is 13.8. The van der Waals surface area contributed by atoms with Gasteiger partial charge < -0.3 is 20.6 Å². The highest BCUT2D eigenvalue weighted by molar-refractivity contribution is 5.98. The third kappa shape index (κ3) is 3.18. The van der Waals surface area contributed by atoms with Crippen molar-refractivity contribution in [1.29, 1.82) is 0 Å². The maximum Gasteiger partial charge on any atom is 0.328 e. The van der Waals surface area contributed by atoms with E-state index in [-0.39, 0.29) is 11.3 Å². The number of aliphatic hydroxyl groups is 1. The van der Waals surface area contributed by atoms with Crippen LogP contribution in [0.3, 0.4) is 0 Å². The summed E-state index contributed by atoms with van der Waals surface area (Å²) in [6.07, 6.45) is -1.23. The summed E-state index contributed by atoms with van der Waals surface area (Å²) in [5.41, 5.74) is -0.0422. The van der Waals surface area contributed by atoms with Crippen molar-refractivity contribution in [1.82, 2.24) is 5.32 Å². The molecule has 0 spiro atoms. The van der Waals surface area contributed by atoms with Gasteiger partial charge in [0, 0.05) is 0 Å². The number of aromatic hydroxyl groups is 1. The first-order valence-electron chi connectivity index (χ1n) is 4.93. The van der Waals surface area contributed by atoms with Gasteiger partial charge in [-0.15, -0.1) is 0 Å². The van der Waals surface area contributed by atoms with Crippen LogP contribution in [-0.2, 0) is 4.79 Å². The van der Waals surface area contributed by atoms with E-state index in [2.05, 4.69) is 5.32 Å². The van der Waals surface area contributed by atoms with Gasteiger partial charge in [-0.3, -0.25) is 4.79 Å². The third-order valence-electron chi connectivity index (χ3n) is 2.18. The van der Waals surface area contributed by atoms with Gasteiger partial charge in [0.1, 0.15) is 5.75 Å². The molecule has 0 aliphatic rings. The van der Waals surface area contributed by atoms with Crippen LogP contribution in [0.4, 0.5) is 0 Å². The summed E-state index contributed by atoms with van der Waals surface area (Å²) < 4.78 is 0. The Bertz CT molecular complexity index is 430. The summed E-state index contributed by atoms with van der Waals surface area (Å²) in [5.74, 6) is -2.35. The number of aliphatic carboxylic acids is 1. The van der Waals surface area contributed by atoms with Crippen molar-refractivity contribution in [2.24, 2.45) is 0 Å². The first-order chi connectivity index (χ1) is 7.93. The number of benzene rings is 1. The van der Waals surface area contributed by atoms with Gasteiger partial charge in [0.05, 0.1) is 11.7 Å². The number of carbonyl (C=O) groups is 2. The number of hydrogen-bond donors (Lipinski definition) is 4. The molecule has 0 fully saturated rings. The Labute approximate surface area is 97.5 Å². The van der Waals surface area contributed by atoms with Crippen molar-refractivity contribution in [2.75, 3.05) is 0 Å². The van der Waals surface area contributed by atoms with Gasteiger partial charge >= 0.3 is 5.97 Å². The van der Waals surface area contributed by atoms with Gasteiger partial charge in [0.25, 0.3) is 5.91 Å². The smallest absolute Gasteiger partial charge is 0.328 e. The van der Waals surface area contributed by atoms with E-state index in [0.717, 1.165) is 0 Å². The Morgan fingerprint density at radius 1 is 1.29 bits per heavy atom. The topological polar surface area (TPSA) is 107 Å². The van der Waals surface area contributed by atoms with E-state index in [4.69, 9.17) is 5.11 Å². The van der Waals surface area contributed by atoms with Crippen LogP contribution in [-0.4, -0.2) is 39.3 Å². The van der Waals surface area contributed by atoms with E-state index in [9.17, 15) is 19.8 Å². The van der Waals surface area contributed by atoms with E-state index in [1.165, 1.54) is 31.2 Å². The largest absolute Gasteiger partial charge is 0.507 e. The fourth-order valence-corrected chi connectivity index (χ4v) is 1.27. The second kappa shape index (κ2) is 5.31. The van der Waals surface area contributed by atoms with E-state index in [1.54, 1.807) is 0 Å². The van der Waals surface area contributed by atoms with Gasteiger partial charge in [-0.2, -0.15) is 0 Å². The van der Waals surface area contributed by atoms with Crippen LogP contribution in [0.1, 0.15) is 17.3 Å². The molecule has 1 amide bonds. The maximum absolute atomic E-state index is 11.6. The van der Waals surface area contributed by atoms with Gasteiger partial charge in [0.15, 0.2) is 6.04 Å². The highest BCUT2D eigenvalue weighted by Crippen LogP contribution is 2.15. The zero-order valence-electron chi connectivity index (χ0n) is 9.12. The van der Waals surface area contributed by atoms with Crippen molar-refractivity contribution in [3.05, 3.63) is 29.8 Å². The molecule has 6 heteroatoms. The zero-order valence-corrected chi connectivity index (χ0v) is 9.12. The number of amides is 1. The lowest BCUT2D eigenvalue weighted by atomic mass is 10.1. The first kappa shape index (κ1) is 13.0. The summed E-state index contributed by atoms with van der Waals surface area (Å²) in [6.45, 7) is 1.25. The highest BCUT2D eigenvalue weighted by Gasteiger charge is 2.26. The number of rotatable bonds is 4. The van der Waals surface area contributed by atoms with Gasteiger partial charge in [-0.1, -0.05) is 12.1 Å². The number of phenolic OH excluding ortho intramolecular Hbond substituents is 1. The van der Waals surface area contributed by atoms with Crippen LogP contribution in [0.25, 0.3) is 0 Å². The molecule has 0 radical (unpaired) electrons. The number of phenols is 1. The Morgan fingerprint density at radius 3 is 2.35 bits per heavy atom. The molecule has 0 bridgehead atoms. The Hall–Kier alpha value is -2.08. The number of carboxylic acids is 1. The second-order valence-corrected chi connectivity index (χ2v) is 3.55. The highest BCUT2D eigenvalue weighted by atomic mass is 16.4. The molecule has 0 saturated carbocycles. The minimum Gasteiger partial charge on any atom is -0.507 e. The quantitative estimate of drug-likeness (QED) is 0.589. The van der Waals surface area contributed by atoms with Crippen LogP contribution in [0.15, 0.2) is 24.3 Å². The Balaban J connectivity index is 2.85. The van der Waals surface area contributed by atoms with Crippen molar-refractivity contribution in [3.8, 4) is 5.75 Å². The molecule has 1 aromatic carbocycles. The minimum atomic E-state index is -1.41. The third-order valence-corrected chi connectivity index (χ3v) is 2.18. The molecule has 0 unspecified atom stereocenters. The van der Waals surface area contributed by atoms with Crippen molar-refractivity contribution in [2.45, 2.75) is 19.1 Å². The lowest BCUT2D eigenvalue weighted by Gasteiger charge is -2.17. The molecule has 1 aromatic rings. The predicted molar refractivity (Wildman–Crippen MR) is 58.7 cm³/mol. The number of hydrogen-bond acceptors (Lipinski definition) is 4. The van der Waals surface area contributed by atoms with E-state index in [1.807, 2.05) is 0 Å². The fraction of sp³-hybridized carbons (Fsp3) is 0.273. The van der Waals surface area contributed by atoms with E-state index < -0.39 is 24.0 Å². The lowest BCUT2D eigenvalue weighted by molar-refractivity contribution is -0.141. The molecular weight excluding hydrogens is 226 g/mol. The van der Waals surface area contributed by atoms with Crippen molar-refractivity contribution in [3.63, 3.8) is 0 Å². The van der Waals surface area contributed by atoms with Crippen LogP contribution in [0.5, 0.6) is 5.75 Å². The molecule has 2 atom stereocenters. The van der Waals surface area contributed by atoms with Crippen molar-refractivity contribution >= 4 is 11.9 Å². The predicted octanol–water partition coefficient (Wildman–Crippen LogP) is -0.0440. The molecular formula is C11H13NO5. The molecule has 0 saturated heterocycles. The Morgan fingerprint density at radius 2 is 1.88 bits per heavy atom. The number of carboxylic acid groups (broad SMARTS) is 1. The Kier molecular flexibility index (Phi) is 4.06. The number of nitrogens with one attached hydrogen (secondary N) is 1. The second-order valence-electron chi connectivity index (χ2n) is 3.55. The summed E-state index contributed by atoms with van der Waals surface area (Å²) in [4.78, 5) is 22.4. The molecule has 4 N–H and O–H groups in total. The molecule has 0 heterocycles. The summed E-state index contributed by atoms with van der Waals surface area (Å²) in [5, 5.41) is 29.5. The summed E-state index contributed by atoms with van der Waals surface area (Å²) >= 11 is 0. The maximum atomic E-state index is 11.6. The van der Waals surface area contributed by atoms with Crippen LogP contribution in [0, 0.1) is 0 Å². The fourth-order valence-electron chi connectivity index (χ4n) is 1.27. The molecule has 0 aliphatic heterocycles. The zero-order chi connectivity index (χ0) is 13.0. The van der Waals surface area contributed by atoms with Crippen LogP contribution >= 0.6 is 0 Å². The number of carbonyl (C=O) groups excluding carboxylic acids is 1. The molecule has 0 aliphatic carbocycles. The number of aliphatic hydroxyl groups excluding tert-OH is 1. The standard InChI is InChI=1S/C11H13NO5/c1-6(13)9(11(16)17)12-10(15)7-4-2-3-5-8(7)14/h2-6,9,13-14H,1H3,(H,12,15)(H,16,17)/t6-,9+/m0/s1. The SMILES string of the molecule is C[C@H](O)[C@@H](NC(=O)c1ccccc1O)C(=O)O. The molecule has 92 valence electrons. The summed E-state index contributed by atoms with van der Waals surface area (Å²) in [7, 11) is 0. The molecule has 1 rings (SSSR count). The lowest BCUT2D eigenvalue weighted by Crippen LogP contribution is -2.47. The average molecular weight is 239 g/mol.